The number of nitrogens with zero attached hydrogens (tertiary/aromatic N) is 2. The van der Waals surface area contributed by atoms with Gasteiger partial charge in [-0.25, -0.2) is 9.78 Å². The van der Waals surface area contributed by atoms with Crippen LogP contribution in [0.5, 0.6) is 5.75 Å². The summed E-state index contributed by atoms with van der Waals surface area (Å²) in [7, 11) is 1.61. The summed E-state index contributed by atoms with van der Waals surface area (Å²) >= 11 is 0. The molecule has 1 atom stereocenters. The number of likely N-dealkylation sites (tertiary alicyclic amines) is 1. The number of carbonyl (C=O) groups excluding carboxylic acids is 3. The van der Waals surface area contributed by atoms with Crippen LogP contribution in [0, 0.1) is 11.3 Å². The molecule has 1 saturated heterocycles. The Labute approximate surface area is 243 Å². The number of urea groups is 1. The van der Waals surface area contributed by atoms with Crippen molar-refractivity contribution >= 4 is 17.9 Å². The molecule has 1 aliphatic heterocycles. The van der Waals surface area contributed by atoms with Crippen molar-refractivity contribution in [2.24, 2.45) is 11.3 Å². The van der Waals surface area contributed by atoms with Gasteiger partial charge in [0, 0.05) is 37.9 Å². The van der Waals surface area contributed by atoms with Crippen LogP contribution >= 0.6 is 0 Å². The smallest absolute Gasteiger partial charge is 0.315 e. The van der Waals surface area contributed by atoms with Crippen LogP contribution in [0.1, 0.15) is 69.5 Å². The van der Waals surface area contributed by atoms with E-state index in [0.29, 0.717) is 51.4 Å². The third-order valence-corrected chi connectivity index (χ3v) is 8.70. The van der Waals surface area contributed by atoms with Gasteiger partial charge in [0.1, 0.15) is 11.8 Å². The van der Waals surface area contributed by atoms with Crippen molar-refractivity contribution in [3.63, 3.8) is 0 Å². The maximum atomic E-state index is 13.9. The minimum Gasteiger partial charge on any atom is -0.497 e. The molecule has 4 rings (SSSR count). The monoisotopic (exact) mass is 567 g/mol. The fourth-order valence-electron chi connectivity index (χ4n) is 6.36. The molecule has 0 bridgehead atoms. The Hall–Kier alpha value is -3.56. The lowest BCUT2D eigenvalue weighted by molar-refractivity contribution is -0.166. The number of methoxy groups -OCH3 is 1. The Balaban J connectivity index is 1.41. The van der Waals surface area contributed by atoms with Crippen LogP contribution in [0.3, 0.4) is 0 Å². The number of piperidine rings is 1. The van der Waals surface area contributed by atoms with Gasteiger partial charge in [0.25, 0.3) is 0 Å². The molecular formula is C31H45N5O5. The van der Waals surface area contributed by atoms with Gasteiger partial charge in [-0.2, -0.15) is 0 Å². The summed E-state index contributed by atoms with van der Waals surface area (Å²) in [6.45, 7) is 3.63. The maximum Gasteiger partial charge on any atom is 0.315 e. The van der Waals surface area contributed by atoms with Crippen molar-refractivity contribution < 1.29 is 23.9 Å². The van der Waals surface area contributed by atoms with Crippen LogP contribution in [-0.2, 0) is 27.2 Å². The molecule has 1 aromatic heterocycles. The molecule has 1 saturated carbocycles. The van der Waals surface area contributed by atoms with E-state index >= 15 is 0 Å². The summed E-state index contributed by atoms with van der Waals surface area (Å²) < 4.78 is 10.8. The van der Waals surface area contributed by atoms with Gasteiger partial charge in [-0.15, -0.1) is 0 Å². The average Bonchev–Trinajstić information content (AvgIpc) is 3.53. The normalized spacial score (nSPS) is 17.9. The van der Waals surface area contributed by atoms with E-state index < -0.39 is 11.5 Å². The highest BCUT2D eigenvalue weighted by atomic mass is 16.5. The maximum absolute atomic E-state index is 13.9. The Bertz CT molecular complexity index is 1110. The number of nitrogens with one attached hydrogen (secondary N) is 3. The molecule has 0 radical (unpaired) electrons. The number of hydrogen-bond donors (Lipinski definition) is 3. The Morgan fingerprint density at radius 1 is 1.12 bits per heavy atom. The molecule has 2 aromatic rings. The molecule has 10 heteroatoms. The van der Waals surface area contributed by atoms with Gasteiger partial charge in [-0.1, -0.05) is 31.4 Å². The van der Waals surface area contributed by atoms with Crippen LogP contribution < -0.4 is 15.4 Å². The van der Waals surface area contributed by atoms with Crippen LogP contribution in [0.25, 0.3) is 0 Å². The highest BCUT2D eigenvalue weighted by Crippen LogP contribution is 2.47. The zero-order valence-electron chi connectivity index (χ0n) is 24.5. The minimum atomic E-state index is -0.735. The SMILES string of the molecule is CCOC(=O)C1(C2CCCCC2)CCN(C(=O)C(Cc2ccc(OC)cc2)NC(=O)NCCCc2cnc[nH]2)CC1. The quantitative estimate of drug-likeness (QED) is 0.263. The summed E-state index contributed by atoms with van der Waals surface area (Å²) in [5, 5.41) is 5.81. The van der Waals surface area contributed by atoms with Crippen molar-refractivity contribution in [2.75, 3.05) is 33.4 Å². The molecule has 2 aliphatic rings. The lowest BCUT2D eigenvalue weighted by Crippen LogP contribution is -2.56. The number of esters is 1. The van der Waals surface area contributed by atoms with Crippen molar-refractivity contribution in [1.82, 2.24) is 25.5 Å². The molecule has 0 spiro atoms. The summed E-state index contributed by atoms with van der Waals surface area (Å²) in [6.07, 6.45) is 12.0. The first-order chi connectivity index (χ1) is 19.9. The minimum absolute atomic E-state index is 0.110. The second-order valence-electron chi connectivity index (χ2n) is 11.2. The molecule has 2 heterocycles. The van der Waals surface area contributed by atoms with E-state index in [4.69, 9.17) is 9.47 Å². The lowest BCUT2D eigenvalue weighted by Gasteiger charge is -2.46. The number of H-pyrrole nitrogens is 1. The van der Waals surface area contributed by atoms with Crippen molar-refractivity contribution in [1.29, 1.82) is 0 Å². The molecule has 3 amide bonds. The molecule has 1 aromatic carbocycles. The predicted octanol–water partition coefficient (Wildman–Crippen LogP) is 4.01. The second-order valence-corrected chi connectivity index (χ2v) is 11.2. The molecule has 2 fully saturated rings. The predicted molar refractivity (Wildman–Crippen MR) is 155 cm³/mol. The third kappa shape index (κ3) is 8.01. The molecule has 1 aliphatic carbocycles. The van der Waals surface area contributed by atoms with E-state index in [-0.39, 0.29) is 17.9 Å². The number of aryl methyl sites for hydroxylation is 1. The first kappa shape index (κ1) is 30.4. The topological polar surface area (TPSA) is 126 Å². The van der Waals surface area contributed by atoms with Gasteiger partial charge >= 0.3 is 12.0 Å². The number of hydrogen-bond acceptors (Lipinski definition) is 6. The molecule has 224 valence electrons. The van der Waals surface area contributed by atoms with Crippen LogP contribution in [0.4, 0.5) is 4.79 Å². The van der Waals surface area contributed by atoms with Crippen LogP contribution in [-0.4, -0.2) is 72.2 Å². The standard InChI is InChI=1S/C31H45N5O5/c1-3-41-29(38)31(24-8-5-4-6-9-24)15-18-36(19-16-31)28(37)27(20-23-11-13-26(40-2)14-12-23)35-30(39)33-17-7-10-25-21-32-22-34-25/h11-14,21-22,24,27H,3-10,15-20H2,1-2H3,(H,32,34)(H2,33,35,39). The van der Waals surface area contributed by atoms with E-state index in [2.05, 4.69) is 20.6 Å². The number of aromatic nitrogens is 2. The van der Waals surface area contributed by atoms with E-state index in [0.717, 1.165) is 55.5 Å². The number of aromatic amines is 1. The summed E-state index contributed by atoms with van der Waals surface area (Å²) in [6, 6.07) is 6.42. The summed E-state index contributed by atoms with van der Waals surface area (Å²) in [5.74, 6) is 0.790. The Kier molecular flexibility index (Phi) is 11.0. The van der Waals surface area contributed by atoms with Crippen LogP contribution in [0.15, 0.2) is 36.8 Å². The number of ether oxygens (including phenoxy) is 2. The van der Waals surface area contributed by atoms with Crippen molar-refractivity contribution in [3.05, 3.63) is 48.0 Å². The number of amides is 3. The van der Waals surface area contributed by atoms with Gasteiger partial charge in [-0.3, -0.25) is 9.59 Å². The second kappa shape index (κ2) is 14.9. The summed E-state index contributed by atoms with van der Waals surface area (Å²) in [4.78, 5) is 48.9. The first-order valence-corrected chi connectivity index (χ1v) is 15.1. The highest BCUT2D eigenvalue weighted by Gasteiger charge is 2.49. The number of carbonyl (C=O) groups is 3. The number of imidazole rings is 1. The summed E-state index contributed by atoms with van der Waals surface area (Å²) in [5.41, 5.74) is 1.40. The van der Waals surface area contributed by atoms with Crippen LogP contribution in [0.2, 0.25) is 0 Å². The van der Waals surface area contributed by atoms with Gasteiger partial charge < -0.3 is 30.0 Å². The Morgan fingerprint density at radius 2 is 1.85 bits per heavy atom. The zero-order valence-corrected chi connectivity index (χ0v) is 24.5. The van der Waals surface area contributed by atoms with Crippen molar-refractivity contribution in [2.45, 2.75) is 77.2 Å². The van der Waals surface area contributed by atoms with Gasteiger partial charge in [0.2, 0.25) is 5.91 Å². The molecular weight excluding hydrogens is 522 g/mol. The first-order valence-electron chi connectivity index (χ1n) is 15.1. The van der Waals surface area contributed by atoms with E-state index in [1.807, 2.05) is 36.1 Å². The third-order valence-electron chi connectivity index (χ3n) is 8.70. The Morgan fingerprint density at radius 3 is 2.49 bits per heavy atom. The number of rotatable bonds is 12. The zero-order chi connectivity index (χ0) is 29.1. The lowest BCUT2D eigenvalue weighted by atomic mass is 9.63. The van der Waals surface area contributed by atoms with Gasteiger partial charge in [0.15, 0.2) is 0 Å². The molecule has 41 heavy (non-hydrogen) atoms. The highest BCUT2D eigenvalue weighted by molar-refractivity contribution is 5.88. The fraction of sp³-hybridized carbons (Fsp3) is 0.613. The molecule has 3 N–H and O–H groups in total. The molecule has 10 nitrogen and oxygen atoms in total. The van der Waals surface area contributed by atoms with Gasteiger partial charge in [0.05, 0.1) is 25.5 Å². The number of benzene rings is 1. The average molecular weight is 568 g/mol. The van der Waals surface area contributed by atoms with E-state index in [1.54, 1.807) is 19.6 Å². The molecule has 1 unspecified atom stereocenters. The van der Waals surface area contributed by atoms with Crippen molar-refractivity contribution in [3.8, 4) is 5.75 Å². The van der Waals surface area contributed by atoms with E-state index in [9.17, 15) is 14.4 Å². The van der Waals surface area contributed by atoms with Gasteiger partial charge in [-0.05, 0) is 69.1 Å². The largest absolute Gasteiger partial charge is 0.497 e. The fourth-order valence-corrected chi connectivity index (χ4v) is 6.36. The van der Waals surface area contributed by atoms with E-state index in [1.165, 1.54) is 6.42 Å².